The summed E-state index contributed by atoms with van der Waals surface area (Å²) in [7, 11) is -2.52. The Hall–Kier alpha value is -4.47. The molecule has 0 atom stereocenters. The zero-order valence-electron chi connectivity index (χ0n) is 22.3. The molecular weight excluding hydrogens is 526 g/mol. The molecule has 0 saturated heterocycles. The lowest BCUT2D eigenvalue weighted by molar-refractivity contribution is 0.0938. The number of rotatable bonds is 11. The van der Waals surface area contributed by atoms with Gasteiger partial charge in [0.2, 0.25) is 0 Å². The molecule has 0 heterocycles. The number of benzene rings is 4. The minimum atomic E-state index is -4.06. The van der Waals surface area contributed by atoms with Crippen LogP contribution in [0.1, 0.15) is 31.8 Å². The fraction of sp³-hybridized carbons (Fsp3) is 0.161. The summed E-state index contributed by atoms with van der Waals surface area (Å²) >= 11 is 0. The van der Waals surface area contributed by atoms with Crippen LogP contribution >= 0.6 is 0 Å². The number of sulfonamides is 1. The number of nitrogens with one attached hydrogen (secondary N) is 2. The lowest BCUT2D eigenvalue weighted by Crippen LogP contribution is -2.32. The van der Waals surface area contributed by atoms with E-state index in [2.05, 4.69) is 10.6 Å². The van der Waals surface area contributed by atoms with Crippen molar-refractivity contribution in [3.63, 3.8) is 0 Å². The van der Waals surface area contributed by atoms with Gasteiger partial charge < -0.3 is 15.4 Å². The molecule has 0 aliphatic rings. The molecule has 206 valence electrons. The highest BCUT2D eigenvalue weighted by atomic mass is 32.2. The molecular formula is C31H31N3O5S. The number of carbonyl (C=O) groups excluding carboxylic acids is 2. The maximum atomic E-state index is 14.0. The monoisotopic (exact) mass is 557 g/mol. The minimum absolute atomic E-state index is 0.0137. The Kier molecular flexibility index (Phi) is 9.31. The predicted octanol–water partition coefficient (Wildman–Crippen LogP) is 5.02. The van der Waals surface area contributed by atoms with Gasteiger partial charge in [0.1, 0.15) is 0 Å². The van der Waals surface area contributed by atoms with Crippen LogP contribution in [0, 0.1) is 6.92 Å². The van der Waals surface area contributed by atoms with E-state index in [-0.39, 0.29) is 34.2 Å². The molecule has 0 aliphatic heterocycles. The molecule has 2 N–H and O–H groups in total. The van der Waals surface area contributed by atoms with Crippen molar-refractivity contribution in [2.75, 3.05) is 29.9 Å². The van der Waals surface area contributed by atoms with Gasteiger partial charge in [-0.15, -0.1) is 0 Å². The molecule has 8 nitrogen and oxygen atoms in total. The fourth-order valence-electron chi connectivity index (χ4n) is 4.11. The molecule has 2 amide bonds. The molecule has 0 radical (unpaired) electrons. The van der Waals surface area contributed by atoms with Crippen molar-refractivity contribution in [3.05, 3.63) is 125 Å². The average Bonchev–Trinajstić information content (AvgIpc) is 2.97. The largest absolute Gasteiger partial charge is 0.383 e. The Morgan fingerprint density at radius 1 is 0.775 bits per heavy atom. The molecule has 4 rings (SSSR count). The summed E-state index contributed by atoms with van der Waals surface area (Å²) in [5.74, 6) is -0.918. The second-order valence-electron chi connectivity index (χ2n) is 9.08. The van der Waals surface area contributed by atoms with Gasteiger partial charge in [-0.25, -0.2) is 8.42 Å². The number of methoxy groups -OCH3 is 1. The van der Waals surface area contributed by atoms with Gasteiger partial charge >= 0.3 is 0 Å². The number of carbonyl (C=O) groups is 2. The Balaban J connectivity index is 1.72. The van der Waals surface area contributed by atoms with Crippen molar-refractivity contribution < 1.29 is 22.7 Å². The highest BCUT2D eigenvalue weighted by Crippen LogP contribution is 2.30. The zero-order chi connectivity index (χ0) is 28.5. The smallest absolute Gasteiger partial charge is 0.264 e. The van der Waals surface area contributed by atoms with Gasteiger partial charge in [-0.3, -0.25) is 13.9 Å². The van der Waals surface area contributed by atoms with Crippen LogP contribution in [-0.4, -0.2) is 40.5 Å². The van der Waals surface area contributed by atoms with Crippen molar-refractivity contribution in [3.8, 4) is 0 Å². The van der Waals surface area contributed by atoms with Crippen LogP contribution in [0.25, 0.3) is 0 Å². The van der Waals surface area contributed by atoms with Crippen LogP contribution in [0.15, 0.2) is 108 Å². The number of hydrogen-bond donors (Lipinski definition) is 2. The molecule has 40 heavy (non-hydrogen) atoms. The normalized spacial score (nSPS) is 11.1. The summed E-state index contributed by atoms with van der Waals surface area (Å²) in [6.45, 7) is 2.55. The number of ether oxygens (including phenoxy) is 1. The highest BCUT2D eigenvalue weighted by molar-refractivity contribution is 7.92. The second-order valence-corrected chi connectivity index (χ2v) is 10.9. The number of anilines is 2. The van der Waals surface area contributed by atoms with E-state index in [4.69, 9.17) is 4.74 Å². The predicted molar refractivity (Wildman–Crippen MR) is 156 cm³/mol. The fourth-order valence-corrected chi connectivity index (χ4v) is 5.58. The maximum Gasteiger partial charge on any atom is 0.264 e. The maximum absolute atomic E-state index is 14.0. The van der Waals surface area contributed by atoms with Crippen LogP contribution in [0.2, 0.25) is 0 Å². The summed E-state index contributed by atoms with van der Waals surface area (Å²) < 4.78 is 34.2. The highest BCUT2D eigenvalue weighted by Gasteiger charge is 2.29. The van der Waals surface area contributed by atoms with Crippen molar-refractivity contribution in [1.82, 2.24) is 5.32 Å². The average molecular weight is 558 g/mol. The van der Waals surface area contributed by atoms with Crippen molar-refractivity contribution >= 4 is 33.2 Å². The van der Waals surface area contributed by atoms with Crippen LogP contribution in [0.3, 0.4) is 0 Å². The third kappa shape index (κ3) is 6.74. The molecule has 9 heteroatoms. The van der Waals surface area contributed by atoms with Crippen molar-refractivity contribution in [2.24, 2.45) is 0 Å². The minimum Gasteiger partial charge on any atom is -0.383 e. The van der Waals surface area contributed by atoms with E-state index < -0.39 is 15.9 Å². The first-order chi connectivity index (χ1) is 19.3. The summed E-state index contributed by atoms with van der Waals surface area (Å²) in [4.78, 5) is 26.5. The Morgan fingerprint density at radius 2 is 1.40 bits per heavy atom. The standard InChI is InChI=1S/C31H31N3O5S/c1-23-16-18-25(19-17-23)40(37,38)34(22-24-10-4-3-5-11-24)29-15-9-7-13-27(29)31(36)33-28-14-8-6-12-26(28)30(35)32-20-21-39-2/h3-19H,20-22H2,1-2H3,(H,32,35)(H,33,36). The van der Waals surface area contributed by atoms with E-state index in [1.165, 1.54) is 11.4 Å². The molecule has 0 aliphatic carbocycles. The third-order valence-corrected chi connectivity index (χ3v) is 7.98. The van der Waals surface area contributed by atoms with E-state index in [9.17, 15) is 18.0 Å². The topological polar surface area (TPSA) is 105 Å². The van der Waals surface area contributed by atoms with Crippen LogP contribution in [0.5, 0.6) is 0 Å². The number of nitrogens with zero attached hydrogens (tertiary/aromatic N) is 1. The number of amides is 2. The third-order valence-electron chi connectivity index (χ3n) is 6.21. The molecule has 0 fully saturated rings. The van der Waals surface area contributed by atoms with Gasteiger partial charge in [-0.05, 0) is 48.9 Å². The summed E-state index contributed by atoms with van der Waals surface area (Å²) in [5.41, 5.74) is 2.62. The van der Waals surface area contributed by atoms with Crippen LogP contribution in [-0.2, 0) is 21.3 Å². The molecule has 4 aromatic rings. The Morgan fingerprint density at radius 3 is 2.10 bits per heavy atom. The van der Waals surface area contributed by atoms with E-state index in [0.717, 1.165) is 11.1 Å². The quantitative estimate of drug-likeness (QED) is 0.252. The molecule has 0 aromatic heterocycles. The number of hydrogen-bond acceptors (Lipinski definition) is 5. The molecule has 0 unspecified atom stereocenters. The van der Waals surface area contributed by atoms with Gasteiger partial charge in [-0.1, -0.05) is 72.3 Å². The van der Waals surface area contributed by atoms with Gasteiger partial charge in [0.25, 0.3) is 21.8 Å². The summed E-state index contributed by atoms with van der Waals surface area (Å²) in [6.07, 6.45) is 0. The molecule has 0 bridgehead atoms. The SMILES string of the molecule is COCCNC(=O)c1ccccc1NC(=O)c1ccccc1N(Cc1ccccc1)S(=O)(=O)c1ccc(C)cc1. The van der Waals surface area contributed by atoms with Crippen LogP contribution in [0.4, 0.5) is 11.4 Å². The van der Waals surface area contributed by atoms with E-state index in [1.54, 1.807) is 72.8 Å². The Bertz CT molecular complexity index is 1570. The first kappa shape index (κ1) is 28.5. The lowest BCUT2D eigenvalue weighted by Gasteiger charge is -2.27. The van der Waals surface area contributed by atoms with Gasteiger partial charge in [0, 0.05) is 13.7 Å². The van der Waals surface area contributed by atoms with Gasteiger partial charge in [0.15, 0.2) is 0 Å². The summed E-state index contributed by atoms with van der Waals surface area (Å²) in [6, 6.07) is 28.9. The first-order valence-corrected chi connectivity index (χ1v) is 14.1. The first-order valence-electron chi connectivity index (χ1n) is 12.7. The van der Waals surface area contributed by atoms with Crippen molar-refractivity contribution in [1.29, 1.82) is 0 Å². The van der Waals surface area contributed by atoms with Crippen LogP contribution < -0.4 is 14.9 Å². The molecule has 0 spiro atoms. The number of aryl methyl sites for hydroxylation is 1. The van der Waals surface area contributed by atoms with E-state index >= 15 is 0 Å². The molecule has 0 saturated carbocycles. The number of para-hydroxylation sites is 2. The van der Waals surface area contributed by atoms with E-state index in [0.29, 0.717) is 18.8 Å². The van der Waals surface area contributed by atoms with Gasteiger partial charge in [0.05, 0.1) is 40.5 Å². The second kappa shape index (κ2) is 13.1. The van der Waals surface area contributed by atoms with Gasteiger partial charge in [-0.2, -0.15) is 0 Å². The summed E-state index contributed by atoms with van der Waals surface area (Å²) in [5, 5.41) is 5.55. The molecule has 4 aromatic carbocycles. The Labute approximate surface area is 234 Å². The lowest BCUT2D eigenvalue weighted by atomic mass is 10.1. The van der Waals surface area contributed by atoms with E-state index in [1.807, 2.05) is 37.3 Å². The zero-order valence-corrected chi connectivity index (χ0v) is 23.1. The van der Waals surface area contributed by atoms with Crippen molar-refractivity contribution in [2.45, 2.75) is 18.4 Å².